The zero-order valence-corrected chi connectivity index (χ0v) is 11.1. The molecule has 0 aliphatic carbocycles. The number of hydrogen-bond acceptors (Lipinski definition) is 3. The first-order chi connectivity index (χ1) is 9.72. The highest BCUT2D eigenvalue weighted by Crippen LogP contribution is 2.19. The number of hydrogen-bond donors (Lipinski definition) is 0. The van der Waals surface area contributed by atoms with Gasteiger partial charge in [-0.1, -0.05) is 12.1 Å². The van der Waals surface area contributed by atoms with Crippen molar-refractivity contribution in [3.8, 4) is 17.6 Å². The van der Waals surface area contributed by atoms with Crippen molar-refractivity contribution in [3.05, 3.63) is 59.4 Å². The maximum absolute atomic E-state index is 13.7. The maximum Gasteiger partial charge on any atom is 0.133 e. The zero-order chi connectivity index (χ0) is 14.4. The highest BCUT2D eigenvalue weighted by Gasteiger charge is 2.05. The van der Waals surface area contributed by atoms with Crippen LogP contribution in [0.5, 0.6) is 11.5 Å². The number of methoxy groups -OCH3 is 1. The minimum absolute atomic E-state index is 0.146. The highest BCUT2D eigenvalue weighted by molar-refractivity contribution is 5.31. The summed E-state index contributed by atoms with van der Waals surface area (Å²) in [7, 11) is 1.49. The van der Waals surface area contributed by atoms with Gasteiger partial charge in [0.15, 0.2) is 0 Å². The number of nitrogens with zero attached hydrogens (tertiary/aromatic N) is 1. The summed E-state index contributed by atoms with van der Waals surface area (Å²) in [5.41, 5.74) is 1.39. The van der Waals surface area contributed by atoms with Crippen molar-refractivity contribution >= 4 is 0 Å². The van der Waals surface area contributed by atoms with Crippen LogP contribution in [-0.4, -0.2) is 7.11 Å². The van der Waals surface area contributed by atoms with E-state index in [-0.39, 0.29) is 12.4 Å². The lowest BCUT2D eigenvalue weighted by Gasteiger charge is -2.08. The van der Waals surface area contributed by atoms with Gasteiger partial charge in [-0.15, -0.1) is 0 Å². The van der Waals surface area contributed by atoms with E-state index in [0.717, 1.165) is 5.56 Å². The quantitative estimate of drug-likeness (QED) is 0.836. The minimum atomic E-state index is -0.356. The fraction of sp³-hybridized carbons (Fsp3) is 0.188. The molecule has 2 aromatic rings. The average Bonchev–Trinajstić information content (AvgIpc) is 2.48. The molecule has 0 bridgehead atoms. The van der Waals surface area contributed by atoms with Gasteiger partial charge in [0, 0.05) is 11.6 Å². The van der Waals surface area contributed by atoms with Gasteiger partial charge in [0.2, 0.25) is 0 Å². The van der Waals surface area contributed by atoms with Crippen LogP contribution < -0.4 is 9.47 Å². The normalized spacial score (nSPS) is 9.85. The molecule has 0 spiro atoms. The number of ether oxygens (including phenoxy) is 2. The van der Waals surface area contributed by atoms with Crippen LogP contribution in [0.2, 0.25) is 0 Å². The number of halogens is 1. The SMILES string of the molecule is COc1ccc(COc2ccc(CC#N)cc2)c(F)c1. The van der Waals surface area contributed by atoms with Gasteiger partial charge >= 0.3 is 0 Å². The van der Waals surface area contributed by atoms with Crippen molar-refractivity contribution in [2.45, 2.75) is 13.0 Å². The van der Waals surface area contributed by atoms with Crippen LogP contribution in [0, 0.1) is 17.1 Å². The third-order valence-electron chi connectivity index (χ3n) is 2.86. The Hall–Kier alpha value is -2.54. The van der Waals surface area contributed by atoms with Crippen LogP contribution in [0.4, 0.5) is 4.39 Å². The lowest BCUT2D eigenvalue weighted by Crippen LogP contribution is -1.99. The molecule has 20 heavy (non-hydrogen) atoms. The Morgan fingerprint density at radius 3 is 2.40 bits per heavy atom. The summed E-state index contributed by atoms with van der Waals surface area (Å²) in [6, 6.07) is 13.9. The van der Waals surface area contributed by atoms with E-state index < -0.39 is 0 Å². The average molecular weight is 271 g/mol. The van der Waals surface area contributed by atoms with Gasteiger partial charge in [-0.3, -0.25) is 0 Å². The molecule has 0 atom stereocenters. The molecule has 0 saturated heterocycles. The Kier molecular flexibility index (Phi) is 4.56. The smallest absolute Gasteiger partial charge is 0.133 e. The van der Waals surface area contributed by atoms with E-state index >= 15 is 0 Å². The number of nitriles is 1. The van der Waals surface area contributed by atoms with E-state index in [9.17, 15) is 4.39 Å². The molecule has 3 nitrogen and oxygen atoms in total. The minimum Gasteiger partial charge on any atom is -0.497 e. The first-order valence-corrected chi connectivity index (χ1v) is 6.14. The Morgan fingerprint density at radius 1 is 1.10 bits per heavy atom. The molecule has 0 aliphatic heterocycles. The highest BCUT2D eigenvalue weighted by atomic mass is 19.1. The summed E-state index contributed by atoms with van der Waals surface area (Å²) in [6.45, 7) is 0.146. The lowest BCUT2D eigenvalue weighted by atomic mass is 10.1. The Labute approximate surface area is 117 Å². The molecule has 102 valence electrons. The van der Waals surface area contributed by atoms with Crippen LogP contribution in [0.3, 0.4) is 0 Å². The second-order valence-corrected chi connectivity index (χ2v) is 4.22. The van der Waals surface area contributed by atoms with Crippen LogP contribution in [0.25, 0.3) is 0 Å². The molecule has 0 aliphatic rings. The third kappa shape index (κ3) is 3.48. The van der Waals surface area contributed by atoms with Crippen molar-refractivity contribution in [2.24, 2.45) is 0 Å². The fourth-order valence-corrected chi connectivity index (χ4v) is 1.73. The molecule has 0 fully saturated rings. The van der Waals surface area contributed by atoms with Crippen LogP contribution >= 0.6 is 0 Å². The molecular weight excluding hydrogens is 257 g/mol. The summed E-state index contributed by atoms with van der Waals surface area (Å²) >= 11 is 0. The van der Waals surface area contributed by atoms with Gasteiger partial charge in [-0.2, -0.15) is 5.26 Å². The van der Waals surface area contributed by atoms with Crippen LogP contribution in [-0.2, 0) is 13.0 Å². The Bertz CT molecular complexity index is 617. The topological polar surface area (TPSA) is 42.2 Å². The van der Waals surface area contributed by atoms with Gasteiger partial charge in [-0.25, -0.2) is 4.39 Å². The molecule has 0 unspecified atom stereocenters. The zero-order valence-electron chi connectivity index (χ0n) is 11.1. The van der Waals surface area contributed by atoms with Crippen molar-refractivity contribution < 1.29 is 13.9 Å². The van der Waals surface area contributed by atoms with Gasteiger partial charge in [0.05, 0.1) is 19.6 Å². The third-order valence-corrected chi connectivity index (χ3v) is 2.86. The number of rotatable bonds is 5. The maximum atomic E-state index is 13.7. The van der Waals surface area contributed by atoms with Gasteiger partial charge in [-0.05, 0) is 29.8 Å². The standard InChI is InChI=1S/C16H14FNO2/c1-19-15-7-4-13(16(17)10-15)11-20-14-5-2-12(3-6-14)8-9-18/h2-7,10H,8,11H2,1H3. The molecule has 0 N–H and O–H groups in total. The summed E-state index contributed by atoms with van der Waals surface area (Å²) in [5.74, 6) is 0.763. The molecular formula is C16H14FNO2. The fourth-order valence-electron chi connectivity index (χ4n) is 1.73. The molecule has 0 aromatic heterocycles. The van der Waals surface area contributed by atoms with E-state index in [1.807, 2.05) is 12.1 Å². The Balaban J connectivity index is 2.00. The summed E-state index contributed by atoms with van der Waals surface area (Å²) in [5, 5.41) is 8.58. The van der Waals surface area contributed by atoms with Crippen LogP contribution in [0.15, 0.2) is 42.5 Å². The first kappa shape index (κ1) is 13.9. The number of benzene rings is 2. The molecule has 2 rings (SSSR count). The van der Waals surface area contributed by atoms with Gasteiger partial charge in [0.25, 0.3) is 0 Å². The molecule has 0 radical (unpaired) electrons. The monoisotopic (exact) mass is 271 g/mol. The van der Waals surface area contributed by atoms with Crippen molar-refractivity contribution in [1.82, 2.24) is 0 Å². The van der Waals surface area contributed by atoms with E-state index in [4.69, 9.17) is 14.7 Å². The van der Waals surface area contributed by atoms with E-state index in [2.05, 4.69) is 6.07 Å². The van der Waals surface area contributed by atoms with E-state index in [1.165, 1.54) is 13.2 Å². The summed E-state index contributed by atoms with van der Waals surface area (Å²) < 4.78 is 24.2. The van der Waals surface area contributed by atoms with Gasteiger partial charge < -0.3 is 9.47 Å². The van der Waals surface area contributed by atoms with E-state index in [0.29, 0.717) is 23.5 Å². The molecule has 4 heteroatoms. The largest absolute Gasteiger partial charge is 0.497 e. The van der Waals surface area contributed by atoms with Crippen LogP contribution in [0.1, 0.15) is 11.1 Å². The predicted octanol–water partition coefficient (Wildman–Crippen LogP) is 3.48. The summed E-state index contributed by atoms with van der Waals surface area (Å²) in [6.07, 6.45) is 0.368. The second kappa shape index (κ2) is 6.58. The van der Waals surface area contributed by atoms with Gasteiger partial charge in [0.1, 0.15) is 23.9 Å². The summed E-state index contributed by atoms with van der Waals surface area (Å²) in [4.78, 5) is 0. The predicted molar refractivity (Wildman–Crippen MR) is 73.0 cm³/mol. The Morgan fingerprint density at radius 2 is 1.80 bits per heavy atom. The van der Waals surface area contributed by atoms with Crippen molar-refractivity contribution in [3.63, 3.8) is 0 Å². The molecule has 2 aromatic carbocycles. The van der Waals surface area contributed by atoms with Crippen molar-refractivity contribution in [1.29, 1.82) is 5.26 Å². The lowest BCUT2D eigenvalue weighted by molar-refractivity contribution is 0.299. The molecule has 0 amide bonds. The van der Waals surface area contributed by atoms with E-state index in [1.54, 1.807) is 24.3 Å². The second-order valence-electron chi connectivity index (χ2n) is 4.22. The first-order valence-electron chi connectivity index (χ1n) is 6.14. The van der Waals surface area contributed by atoms with Crippen molar-refractivity contribution in [2.75, 3.05) is 7.11 Å². The molecule has 0 heterocycles. The molecule has 0 saturated carbocycles.